The maximum atomic E-state index is 6.43. The average molecular weight is 525 g/mol. The van der Waals surface area contributed by atoms with E-state index in [9.17, 15) is 0 Å². The van der Waals surface area contributed by atoms with E-state index in [1.807, 2.05) is 22.8 Å². The highest BCUT2D eigenvalue weighted by Gasteiger charge is 2.19. The molecule has 0 spiro atoms. The van der Waals surface area contributed by atoms with E-state index in [0.717, 1.165) is 6.61 Å². The van der Waals surface area contributed by atoms with Gasteiger partial charge in [-0.15, -0.1) is 0 Å². The van der Waals surface area contributed by atoms with Crippen LogP contribution in [0.15, 0.2) is 0 Å². The van der Waals surface area contributed by atoms with E-state index in [1.54, 1.807) is 0 Å². The Kier molecular flexibility index (Phi) is 28.0. The van der Waals surface area contributed by atoms with Crippen molar-refractivity contribution in [3.63, 3.8) is 0 Å². The molecule has 0 aliphatic heterocycles. The average Bonchev–Trinajstić information content (AvgIpc) is 2.79. The molecular weight excluding hydrogens is 467 g/mol. The number of rotatable bonds is 27. The van der Waals surface area contributed by atoms with Crippen molar-refractivity contribution in [1.29, 1.82) is 0 Å². The van der Waals surface area contributed by atoms with Crippen LogP contribution in [0.4, 0.5) is 0 Å². The first-order valence-corrected chi connectivity index (χ1v) is 20.1. The molecule has 0 aromatic rings. The summed E-state index contributed by atoms with van der Waals surface area (Å²) in [5.41, 5.74) is 0. The zero-order valence-electron chi connectivity index (χ0n) is 22.1. The molecule has 0 unspecified atom stereocenters. The van der Waals surface area contributed by atoms with Gasteiger partial charge in [-0.25, -0.2) is 0 Å². The molecule has 0 aliphatic carbocycles. The molecule has 5 heteroatoms. The lowest BCUT2D eigenvalue weighted by molar-refractivity contribution is 0.347. The summed E-state index contributed by atoms with van der Waals surface area (Å²) in [6.45, 7) is 7.76. The fourth-order valence-corrected chi connectivity index (χ4v) is 12.3. The molecule has 0 aromatic carbocycles. The molecule has 0 saturated heterocycles. The summed E-state index contributed by atoms with van der Waals surface area (Å²) in [7, 11) is 0. The minimum atomic E-state index is -1.75. The second-order valence-corrected chi connectivity index (χ2v) is 20.1. The van der Waals surface area contributed by atoms with E-state index in [1.165, 1.54) is 146 Å². The molecule has 0 radical (unpaired) electrons. The van der Waals surface area contributed by atoms with Crippen LogP contribution >= 0.6 is 27.4 Å². The van der Waals surface area contributed by atoms with Crippen molar-refractivity contribution < 1.29 is 4.52 Å². The Morgan fingerprint density at radius 2 is 0.781 bits per heavy atom. The second-order valence-electron chi connectivity index (χ2n) is 9.31. The minimum absolute atomic E-state index is 0.888. The molecule has 0 N–H and O–H groups in total. The van der Waals surface area contributed by atoms with E-state index in [0.29, 0.717) is 0 Å². The van der Waals surface area contributed by atoms with Gasteiger partial charge in [0.1, 0.15) is 0 Å². The molecule has 0 rings (SSSR count). The lowest BCUT2D eigenvalue weighted by Crippen LogP contribution is -1.93. The summed E-state index contributed by atoms with van der Waals surface area (Å²) in [6.07, 6.45) is 28.7. The Bertz CT molecular complexity index is 349. The monoisotopic (exact) mass is 524 g/mol. The Hall–Kier alpha value is 1.31. The molecule has 0 aliphatic rings. The number of unbranched alkanes of at least 4 members (excludes halogenated alkanes) is 18. The van der Waals surface area contributed by atoms with Crippen molar-refractivity contribution in [3.8, 4) is 0 Å². The van der Waals surface area contributed by atoms with Gasteiger partial charge in [0.25, 0.3) is 0 Å². The highest BCUT2D eigenvalue weighted by atomic mass is 33.2. The van der Waals surface area contributed by atoms with E-state index in [4.69, 9.17) is 16.3 Å². The van der Waals surface area contributed by atoms with Gasteiger partial charge < -0.3 is 4.52 Å². The Labute approximate surface area is 216 Å². The van der Waals surface area contributed by atoms with Crippen LogP contribution in [0.5, 0.6) is 0 Å². The van der Waals surface area contributed by atoms with Crippen molar-refractivity contribution in [1.82, 2.24) is 0 Å². The zero-order valence-corrected chi connectivity index (χ0v) is 25.4. The largest absolute Gasteiger partial charge is 0.334 e. The van der Waals surface area contributed by atoms with Crippen LogP contribution in [-0.4, -0.2) is 18.1 Å². The first-order chi connectivity index (χ1) is 15.7. The van der Waals surface area contributed by atoms with E-state index < -0.39 is 4.67 Å². The summed E-state index contributed by atoms with van der Waals surface area (Å²) in [5.74, 6) is 2.40. The first kappa shape index (κ1) is 33.3. The fourth-order valence-electron chi connectivity index (χ4n) is 3.82. The Morgan fingerprint density at radius 1 is 0.469 bits per heavy atom. The van der Waals surface area contributed by atoms with Crippen LogP contribution in [0.25, 0.3) is 0 Å². The maximum Gasteiger partial charge on any atom is 0.174 e. The predicted octanol–water partition coefficient (Wildman–Crippen LogP) is 11.9. The highest BCUT2D eigenvalue weighted by molar-refractivity contribution is 8.99. The minimum Gasteiger partial charge on any atom is -0.334 e. The fraction of sp³-hybridized carbons (Fsp3) is 1.00. The number of hydrogen-bond donors (Lipinski definition) is 0. The summed E-state index contributed by atoms with van der Waals surface area (Å²) in [6, 6.07) is 0. The molecule has 0 aromatic heterocycles. The Morgan fingerprint density at radius 3 is 1.16 bits per heavy atom. The maximum absolute atomic E-state index is 6.43. The van der Waals surface area contributed by atoms with Gasteiger partial charge in [-0.2, -0.15) is 0 Å². The van der Waals surface area contributed by atoms with Crippen molar-refractivity contribution in [2.75, 3.05) is 18.1 Å². The van der Waals surface area contributed by atoms with Gasteiger partial charge in [-0.1, -0.05) is 159 Å². The molecule has 0 bridgehead atoms. The van der Waals surface area contributed by atoms with Crippen molar-refractivity contribution in [2.24, 2.45) is 0 Å². The van der Waals surface area contributed by atoms with Crippen molar-refractivity contribution >= 4 is 39.2 Å². The molecular formula is C27H57OPS3. The quantitative estimate of drug-likeness (QED) is 0.0780. The molecule has 0 amide bonds. The van der Waals surface area contributed by atoms with Gasteiger partial charge >= 0.3 is 0 Å². The van der Waals surface area contributed by atoms with Gasteiger partial charge in [0.2, 0.25) is 0 Å². The van der Waals surface area contributed by atoms with Crippen LogP contribution in [0.3, 0.4) is 0 Å². The van der Waals surface area contributed by atoms with Gasteiger partial charge in [0.15, 0.2) is 4.67 Å². The van der Waals surface area contributed by atoms with Gasteiger partial charge in [0.05, 0.1) is 6.61 Å². The third-order valence-corrected chi connectivity index (χ3v) is 15.8. The molecule has 0 fully saturated rings. The van der Waals surface area contributed by atoms with Crippen LogP contribution in [0, 0.1) is 0 Å². The normalized spacial score (nSPS) is 12.0. The van der Waals surface area contributed by atoms with E-state index in [2.05, 4.69) is 20.8 Å². The smallest absolute Gasteiger partial charge is 0.174 e. The zero-order chi connectivity index (χ0) is 23.6. The third-order valence-electron chi connectivity index (χ3n) is 5.99. The van der Waals surface area contributed by atoms with Crippen molar-refractivity contribution in [2.45, 2.75) is 156 Å². The number of hydrogen-bond acceptors (Lipinski definition) is 4. The summed E-state index contributed by atoms with van der Waals surface area (Å²) in [5, 5.41) is 0. The van der Waals surface area contributed by atoms with Gasteiger partial charge in [0, 0.05) is 11.5 Å². The van der Waals surface area contributed by atoms with E-state index in [-0.39, 0.29) is 0 Å². The second kappa shape index (κ2) is 26.9. The highest BCUT2D eigenvalue weighted by Crippen LogP contribution is 2.70. The molecule has 0 heterocycles. The lowest BCUT2D eigenvalue weighted by atomic mass is 10.1. The summed E-state index contributed by atoms with van der Waals surface area (Å²) >= 11 is 10.1. The molecule has 0 saturated carbocycles. The van der Waals surface area contributed by atoms with Crippen LogP contribution < -0.4 is 0 Å². The van der Waals surface area contributed by atoms with Crippen LogP contribution in [-0.2, 0) is 16.3 Å². The third kappa shape index (κ3) is 24.4. The molecule has 1 nitrogen and oxygen atoms in total. The predicted molar refractivity (Wildman–Crippen MR) is 159 cm³/mol. The summed E-state index contributed by atoms with van der Waals surface area (Å²) in [4.78, 5) is 0. The molecule has 0 atom stereocenters. The van der Waals surface area contributed by atoms with Crippen LogP contribution in [0.2, 0.25) is 0 Å². The summed E-state index contributed by atoms with van der Waals surface area (Å²) < 4.78 is 4.68. The Balaban J connectivity index is 4.06. The standard InChI is InChI=1S/C27H57OPS3/c1-4-7-10-13-16-19-22-25-28-29(30,31-26-23-20-17-14-11-8-5-2)32-27-24-21-18-15-12-9-6-3/h4-27H2,1-3H3. The van der Waals surface area contributed by atoms with Crippen LogP contribution in [0.1, 0.15) is 156 Å². The molecule has 194 valence electrons. The van der Waals surface area contributed by atoms with Crippen molar-refractivity contribution in [3.05, 3.63) is 0 Å². The lowest BCUT2D eigenvalue weighted by Gasteiger charge is -2.21. The van der Waals surface area contributed by atoms with Gasteiger partial charge in [-0.05, 0) is 31.1 Å². The molecule has 32 heavy (non-hydrogen) atoms. The van der Waals surface area contributed by atoms with E-state index >= 15 is 0 Å². The SMILES string of the molecule is CCCCCCCCCOP(=S)(SCCCCCCCCC)SCCCCCCCCC. The first-order valence-electron chi connectivity index (χ1n) is 14.2. The topological polar surface area (TPSA) is 9.23 Å². The van der Waals surface area contributed by atoms with Gasteiger partial charge in [-0.3, -0.25) is 0 Å².